The summed E-state index contributed by atoms with van der Waals surface area (Å²) in [4.78, 5) is 67.9. The average molecular weight is 1130 g/mol. The van der Waals surface area contributed by atoms with Crippen LogP contribution >= 0.6 is 11.8 Å². The van der Waals surface area contributed by atoms with Crippen LogP contribution in [-0.2, 0) is 52.3 Å². The minimum atomic E-state index is -1.47. The molecule has 0 spiro atoms. The van der Waals surface area contributed by atoms with Crippen LogP contribution in [0.5, 0.6) is 11.5 Å². The minimum absolute atomic E-state index is 0.0305. The minimum Gasteiger partial charge on any atom is -0.493 e. The van der Waals surface area contributed by atoms with E-state index in [0.717, 1.165) is 32.1 Å². The van der Waals surface area contributed by atoms with E-state index in [2.05, 4.69) is 9.88 Å². The number of hydrogen-bond donors (Lipinski definition) is 1. The van der Waals surface area contributed by atoms with Crippen LogP contribution in [0.4, 0.5) is 5.69 Å². The molecule has 1 amide bonds. The maximum absolute atomic E-state index is 15.4. The van der Waals surface area contributed by atoms with Crippen LogP contribution in [0.15, 0.2) is 42.7 Å². The number of ether oxygens (including phenoxy) is 10. The molecular formula is C60H91N3O15S. The summed E-state index contributed by atoms with van der Waals surface area (Å²) >= 11 is 1.31. The van der Waals surface area contributed by atoms with E-state index in [9.17, 15) is 14.7 Å². The lowest BCUT2D eigenvalue weighted by atomic mass is 9.70. The van der Waals surface area contributed by atoms with Crippen LogP contribution < -0.4 is 14.4 Å². The van der Waals surface area contributed by atoms with Gasteiger partial charge in [0.1, 0.15) is 23.2 Å². The molecule has 5 aliphatic rings. The number of methoxy groups -OCH3 is 3. The average Bonchev–Trinajstić information content (AvgIpc) is 4.17. The van der Waals surface area contributed by atoms with Gasteiger partial charge in [0.15, 0.2) is 29.7 Å². The number of pyridine rings is 1. The summed E-state index contributed by atoms with van der Waals surface area (Å²) in [6.07, 6.45) is 2.89. The highest BCUT2D eigenvalue weighted by Crippen LogP contribution is 2.50. The fourth-order valence-electron chi connectivity index (χ4n) is 13.2. The van der Waals surface area contributed by atoms with Crippen molar-refractivity contribution >= 4 is 41.1 Å². The van der Waals surface area contributed by atoms with E-state index in [1.807, 2.05) is 67.8 Å². The Morgan fingerprint density at radius 1 is 0.861 bits per heavy atom. The quantitative estimate of drug-likeness (QED) is 0.148. The highest BCUT2D eigenvalue weighted by molar-refractivity contribution is 8.00. The lowest BCUT2D eigenvalue weighted by molar-refractivity contribution is -0.309. The van der Waals surface area contributed by atoms with Crippen LogP contribution in [0, 0.1) is 29.6 Å². The van der Waals surface area contributed by atoms with E-state index < -0.39 is 107 Å². The smallest absolute Gasteiger partial charge is 0.320 e. The van der Waals surface area contributed by atoms with Crippen molar-refractivity contribution in [2.24, 2.45) is 29.6 Å². The van der Waals surface area contributed by atoms with Crippen LogP contribution in [0.2, 0.25) is 0 Å². The van der Waals surface area contributed by atoms with Gasteiger partial charge in [-0.25, -0.2) is 0 Å². The normalized spacial score (nSPS) is 37.9. The summed E-state index contributed by atoms with van der Waals surface area (Å²) in [6, 6.07) is 9.00. The first-order valence-corrected chi connectivity index (χ1v) is 29.7. The first kappa shape index (κ1) is 62.7. The van der Waals surface area contributed by atoms with E-state index in [1.165, 1.54) is 25.1 Å². The van der Waals surface area contributed by atoms with Gasteiger partial charge in [-0.2, -0.15) is 0 Å². The molecule has 1 aromatic heterocycles. The summed E-state index contributed by atoms with van der Waals surface area (Å²) in [6.45, 7) is 18.7. The van der Waals surface area contributed by atoms with Crippen molar-refractivity contribution in [2.45, 2.75) is 210 Å². The molecule has 0 radical (unpaired) electrons. The number of ketones is 1. The molecule has 5 fully saturated rings. The number of esters is 2. The van der Waals surface area contributed by atoms with Gasteiger partial charge in [-0.15, -0.1) is 11.8 Å². The number of aliphatic hydroxyl groups excluding tert-OH is 1. The van der Waals surface area contributed by atoms with Crippen LogP contribution in [0.1, 0.15) is 137 Å². The first-order valence-electron chi connectivity index (χ1n) is 28.6. The molecule has 1 unspecified atom stereocenters. The largest absolute Gasteiger partial charge is 0.493 e. The van der Waals surface area contributed by atoms with Crippen LogP contribution in [0.25, 0.3) is 0 Å². The van der Waals surface area contributed by atoms with Crippen molar-refractivity contribution in [3.8, 4) is 11.5 Å². The van der Waals surface area contributed by atoms with E-state index in [0.29, 0.717) is 29.2 Å². The standard InChI is InChI=1S/C60H91N3O15S/c1-16-46-60(10)49(52(57(68)78-60)79-27-26-63(55(66)40-20-19-25-61-33-40)41-23-24-44(69-13)45(29-41)74-43-21-17-18-22-43)36(4)50(64)34(2)31-59(9,71-15)54(77-47-30-42(62(11)12)28-35(3)72-47)37(5)51(38(6)56(67)75-46)76-48-32-58(8,70-14)53(65)39(7)73-48/h19-20,23-25,29,33-39,42-43,46-49,51-54,65H,16-18,21-22,26-28,30-32H2,1-15H3/t34-,35-,36-,37+,38-,39+,42+,46-,47+,48?,49+,51+,52+,53+,54-,58-,59-,60-/m1/s1. The van der Waals surface area contributed by atoms with Crippen molar-refractivity contribution in [1.82, 2.24) is 9.88 Å². The highest BCUT2D eigenvalue weighted by atomic mass is 32.2. The third-order valence-corrected chi connectivity index (χ3v) is 19.3. The Bertz CT molecular complexity index is 2380. The van der Waals surface area contributed by atoms with Crippen molar-refractivity contribution in [1.29, 1.82) is 0 Å². The molecule has 19 heteroatoms. The number of fused-ring (bicyclic) bond motifs is 1. The number of nitrogens with zero attached hydrogens (tertiary/aromatic N) is 3. The maximum Gasteiger partial charge on any atom is 0.320 e. The summed E-state index contributed by atoms with van der Waals surface area (Å²) in [7, 11) is 8.80. The molecule has 79 heavy (non-hydrogen) atoms. The topological polar surface area (TPSA) is 200 Å². The molecule has 4 aliphatic heterocycles. The zero-order valence-corrected chi connectivity index (χ0v) is 50.3. The number of cyclic esters (lactones) is 1. The van der Waals surface area contributed by atoms with Gasteiger partial charge in [0.25, 0.3) is 5.91 Å². The molecule has 1 aliphatic carbocycles. The number of benzene rings is 1. The SMILES string of the molecule is CC[C@H]1OC(=O)[C@H](C)[C@@H](OC2C[C@@](C)(OC)[C@@H](O)[C@H](C)O2)[C@H](C)[C@@H](O[C@H]2C[C@@H](N(C)C)C[C@@H](C)O2)[C@](C)(OC)C[C@@H](C)C(=O)[C@H](C)[C@H]2[C@H](SCCN(C(=O)c3cccnc3)c3ccc(OC)c(OC4CCCC4)c3)C(=O)O[C@@]21C. The van der Waals surface area contributed by atoms with Gasteiger partial charge in [-0.3, -0.25) is 24.2 Å². The summed E-state index contributed by atoms with van der Waals surface area (Å²) in [5, 5.41) is 10.3. The Morgan fingerprint density at radius 2 is 1.57 bits per heavy atom. The predicted molar refractivity (Wildman–Crippen MR) is 299 cm³/mol. The van der Waals surface area contributed by atoms with Crippen LogP contribution in [-0.4, -0.2) is 170 Å². The molecule has 1 aromatic carbocycles. The van der Waals surface area contributed by atoms with E-state index in [-0.39, 0.29) is 61.5 Å². The fourth-order valence-corrected chi connectivity index (χ4v) is 14.7. The number of amides is 1. The van der Waals surface area contributed by atoms with Crippen molar-refractivity contribution in [3.05, 3.63) is 48.3 Å². The number of rotatable bonds is 17. The maximum atomic E-state index is 15.4. The second-order valence-electron chi connectivity index (χ2n) is 23.8. The molecule has 442 valence electrons. The van der Waals surface area contributed by atoms with E-state index >= 15 is 9.59 Å². The zero-order chi connectivity index (χ0) is 57.7. The van der Waals surface area contributed by atoms with Gasteiger partial charge in [-0.05, 0) is 125 Å². The Labute approximate surface area is 473 Å². The lowest BCUT2D eigenvalue weighted by Crippen LogP contribution is -2.59. The van der Waals surface area contributed by atoms with E-state index in [4.69, 9.17) is 47.4 Å². The van der Waals surface area contributed by atoms with Gasteiger partial charge in [0.05, 0.1) is 60.3 Å². The molecule has 7 rings (SSSR count). The number of carbonyl (C=O) groups excluding carboxylic acids is 4. The van der Waals surface area contributed by atoms with Gasteiger partial charge in [-0.1, -0.05) is 27.7 Å². The Kier molecular flexibility index (Phi) is 21.1. The summed E-state index contributed by atoms with van der Waals surface area (Å²) in [5.41, 5.74) is -2.76. The van der Waals surface area contributed by atoms with Gasteiger partial charge in [0.2, 0.25) is 0 Å². The Balaban J connectivity index is 1.25. The number of thioether (sulfide) groups is 1. The lowest BCUT2D eigenvalue weighted by Gasteiger charge is -2.49. The molecule has 0 bridgehead atoms. The number of aliphatic hydroxyl groups is 1. The molecular weight excluding hydrogens is 1030 g/mol. The molecule has 18 atom stereocenters. The van der Waals surface area contributed by atoms with Crippen LogP contribution in [0.3, 0.4) is 0 Å². The summed E-state index contributed by atoms with van der Waals surface area (Å²) < 4.78 is 64.8. The molecule has 5 heterocycles. The number of hydrogen-bond acceptors (Lipinski definition) is 18. The second kappa shape index (κ2) is 26.5. The molecule has 1 N–H and O–H groups in total. The van der Waals surface area contributed by atoms with Crippen molar-refractivity contribution in [2.75, 3.05) is 52.6 Å². The van der Waals surface area contributed by atoms with Crippen molar-refractivity contribution < 1.29 is 71.7 Å². The van der Waals surface area contributed by atoms with Crippen molar-refractivity contribution in [3.63, 3.8) is 0 Å². The third-order valence-electron chi connectivity index (χ3n) is 18.0. The number of Topliss-reactive ketones (excluding diaryl/α,β-unsaturated/α-hetero) is 1. The Hall–Kier alpha value is -3.92. The van der Waals surface area contributed by atoms with Gasteiger partial charge >= 0.3 is 11.9 Å². The number of carbonyl (C=O) groups is 4. The molecule has 1 saturated carbocycles. The molecule has 4 saturated heterocycles. The zero-order valence-electron chi connectivity index (χ0n) is 49.5. The highest BCUT2D eigenvalue weighted by Gasteiger charge is 2.62. The first-order chi connectivity index (χ1) is 37.4. The molecule has 18 nitrogen and oxygen atoms in total. The Morgan fingerprint density at radius 3 is 2.20 bits per heavy atom. The number of aromatic nitrogens is 1. The van der Waals surface area contributed by atoms with Gasteiger partial charge in [0, 0.05) is 93.2 Å². The van der Waals surface area contributed by atoms with Gasteiger partial charge < -0.3 is 62.3 Å². The summed E-state index contributed by atoms with van der Waals surface area (Å²) in [5.74, 6) is -4.13. The predicted octanol–water partition coefficient (Wildman–Crippen LogP) is 8.46. The molecule has 2 aromatic rings. The third kappa shape index (κ3) is 13.8. The van der Waals surface area contributed by atoms with E-state index in [1.54, 1.807) is 71.2 Å². The second-order valence-corrected chi connectivity index (χ2v) is 25.1. The monoisotopic (exact) mass is 1130 g/mol. The fraction of sp³-hybridized carbons (Fsp3) is 0.750. The number of anilines is 1.